The van der Waals surface area contributed by atoms with E-state index in [4.69, 9.17) is 14.2 Å². The predicted molar refractivity (Wildman–Crippen MR) is 103 cm³/mol. The van der Waals surface area contributed by atoms with Crippen molar-refractivity contribution >= 4 is 27.3 Å². The summed E-state index contributed by atoms with van der Waals surface area (Å²) in [6, 6.07) is 11.3. The van der Waals surface area contributed by atoms with Crippen molar-refractivity contribution < 1.29 is 27.4 Å². The van der Waals surface area contributed by atoms with E-state index >= 15 is 0 Å². The monoisotopic (exact) mass is 394 g/mol. The van der Waals surface area contributed by atoms with Crippen LogP contribution in [0.2, 0.25) is 0 Å². The van der Waals surface area contributed by atoms with Crippen LogP contribution in [0, 0.1) is 0 Å². The molecular formula is C18H22N2O6S. The average molecular weight is 394 g/mol. The van der Waals surface area contributed by atoms with Crippen LogP contribution in [-0.2, 0) is 14.8 Å². The van der Waals surface area contributed by atoms with Gasteiger partial charge in [-0.3, -0.25) is 9.10 Å². The smallest absolute Gasteiger partial charge is 0.245 e. The number of amides is 1. The van der Waals surface area contributed by atoms with Crippen LogP contribution < -0.4 is 23.8 Å². The van der Waals surface area contributed by atoms with Gasteiger partial charge in [0, 0.05) is 11.8 Å². The highest BCUT2D eigenvalue weighted by molar-refractivity contribution is 7.92. The molecule has 2 aromatic rings. The van der Waals surface area contributed by atoms with E-state index in [1.165, 1.54) is 20.3 Å². The van der Waals surface area contributed by atoms with E-state index < -0.39 is 15.9 Å². The maximum atomic E-state index is 12.4. The van der Waals surface area contributed by atoms with E-state index in [1.54, 1.807) is 43.5 Å². The predicted octanol–water partition coefficient (Wildman–Crippen LogP) is 2.12. The minimum absolute atomic E-state index is 0.292. The van der Waals surface area contributed by atoms with Gasteiger partial charge in [0.2, 0.25) is 15.9 Å². The van der Waals surface area contributed by atoms with Crippen molar-refractivity contribution in [3.05, 3.63) is 42.5 Å². The second kappa shape index (κ2) is 8.63. The highest BCUT2D eigenvalue weighted by Gasteiger charge is 2.22. The first-order valence-electron chi connectivity index (χ1n) is 7.92. The second-order valence-electron chi connectivity index (χ2n) is 5.59. The number of nitrogens with zero attached hydrogens (tertiary/aromatic N) is 1. The van der Waals surface area contributed by atoms with Crippen molar-refractivity contribution in [3.8, 4) is 17.2 Å². The minimum Gasteiger partial charge on any atom is -0.497 e. The summed E-state index contributed by atoms with van der Waals surface area (Å²) in [5.41, 5.74) is 0.821. The van der Waals surface area contributed by atoms with E-state index in [9.17, 15) is 13.2 Å². The van der Waals surface area contributed by atoms with E-state index in [2.05, 4.69) is 5.32 Å². The van der Waals surface area contributed by atoms with Gasteiger partial charge in [-0.05, 0) is 36.4 Å². The Morgan fingerprint density at radius 2 is 1.59 bits per heavy atom. The molecule has 146 valence electrons. The van der Waals surface area contributed by atoms with Crippen LogP contribution in [0.3, 0.4) is 0 Å². The summed E-state index contributed by atoms with van der Waals surface area (Å²) in [5, 5.41) is 2.66. The molecule has 0 radical (unpaired) electrons. The van der Waals surface area contributed by atoms with Gasteiger partial charge in [-0.1, -0.05) is 0 Å². The van der Waals surface area contributed by atoms with E-state index in [0.717, 1.165) is 10.6 Å². The number of nitrogens with one attached hydrogen (secondary N) is 1. The molecule has 0 unspecified atom stereocenters. The largest absolute Gasteiger partial charge is 0.497 e. The molecular weight excluding hydrogens is 372 g/mol. The summed E-state index contributed by atoms with van der Waals surface area (Å²) in [5.74, 6) is 0.980. The Morgan fingerprint density at radius 3 is 2.11 bits per heavy atom. The number of methoxy groups -OCH3 is 3. The van der Waals surface area contributed by atoms with Crippen molar-refractivity contribution in [2.45, 2.75) is 0 Å². The summed E-state index contributed by atoms with van der Waals surface area (Å²) < 4.78 is 40.8. The molecule has 8 nitrogen and oxygen atoms in total. The molecule has 2 rings (SSSR count). The molecule has 0 fully saturated rings. The zero-order valence-electron chi connectivity index (χ0n) is 15.6. The highest BCUT2D eigenvalue weighted by atomic mass is 32.2. The van der Waals surface area contributed by atoms with Crippen LogP contribution in [0.5, 0.6) is 17.2 Å². The van der Waals surface area contributed by atoms with Gasteiger partial charge in [-0.2, -0.15) is 0 Å². The summed E-state index contributed by atoms with van der Waals surface area (Å²) in [4.78, 5) is 12.4. The molecule has 0 heterocycles. The molecule has 0 aliphatic carbocycles. The lowest BCUT2D eigenvalue weighted by atomic mass is 10.2. The van der Waals surface area contributed by atoms with Gasteiger partial charge < -0.3 is 19.5 Å². The average Bonchev–Trinajstić information content (AvgIpc) is 2.65. The van der Waals surface area contributed by atoms with Gasteiger partial charge in [0.1, 0.15) is 12.3 Å². The number of sulfonamides is 1. The number of rotatable bonds is 8. The van der Waals surface area contributed by atoms with Gasteiger partial charge in [0.25, 0.3) is 0 Å². The Bertz CT molecular complexity index is 897. The lowest BCUT2D eigenvalue weighted by molar-refractivity contribution is -0.114. The van der Waals surface area contributed by atoms with Crippen LogP contribution in [0.1, 0.15) is 0 Å². The van der Waals surface area contributed by atoms with Crippen LogP contribution in [-0.4, -0.2) is 48.5 Å². The number of hydrogen-bond donors (Lipinski definition) is 1. The summed E-state index contributed by atoms with van der Waals surface area (Å²) in [6.45, 7) is -0.389. The number of carbonyl (C=O) groups is 1. The van der Waals surface area contributed by atoms with Crippen LogP contribution >= 0.6 is 0 Å². The molecule has 0 saturated carbocycles. The van der Waals surface area contributed by atoms with E-state index in [-0.39, 0.29) is 6.54 Å². The Morgan fingerprint density at radius 1 is 0.963 bits per heavy atom. The number of benzene rings is 2. The molecule has 1 N–H and O–H groups in total. The Labute approximate surface area is 158 Å². The third-order valence-corrected chi connectivity index (χ3v) is 4.86. The Hall–Kier alpha value is -2.94. The van der Waals surface area contributed by atoms with Gasteiger partial charge in [-0.15, -0.1) is 0 Å². The maximum Gasteiger partial charge on any atom is 0.245 e. The quantitative estimate of drug-likeness (QED) is 0.737. The fourth-order valence-corrected chi connectivity index (χ4v) is 3.23. The topological polar surface area (TPSA) is 94.2 Å². The van der Waals surface area contributed by atoms with Crippen LogP contribution in [0.15, 0.2) is 42.5 Å². The fourth-order valence-electron chi connectivity index (χ4n) is 2.39. The zero-order valence-corrected chi connectivity index (χ0v) is 16.4. The normalized spacial score (nSPS) is 10.8. The van der Waals surface area contributed by atoms with Gasteiger partial charge in [0.05, 0.1) is 33.3 Å². The zero-order chi connectivity index (χ0) is 20.0. The van der Waals surface area contributed by atoms with Crippen LogP contribution in [0.4, 0.5) is 11.4 Å². The van der Waals surface area contributed by atoms with E-state index in [1.807, 2.05) is 0 Å². The number of anilines is 2. The maximum absolute atomic E-state index is 12.4. The van der Waals surface area contributed by atoms with Crippen molar-refractivity contribution in [2.24, 2.45) is 0 Å². The molecule has 0 aromatic heterocycles. The molecule has 9 heteroatoms. The molecule has 0 saturated heterocycles. The lowest BCUT2D eigenvalue weighted by Crippen LogP contribution is -2.37. The first kappa shape index (κ1) is 20.4. The molecule has 0 aliphatic rings. The van der Waals surface area contributed by atoms with Gasteiger partial charge in [-0.25, -0.2) is 8.42 Å². The SMILES string of the molecule is COc1ccc(NC(=O)CN(c2ccc(OC)c(OC)c2)S(C)(=O)=O)cc1. The third-order valence-electron chi connectivity index (χ3n) is 3.72. The van der Waals surface area contributed by atoms with Crippen molar-refractivity contribution in [2.75, 3.05) is 43.8 Å². The minimum atomic E-state index is -3.70. The number of hydrogen-bond acceptors (Lipinski definition) is 6. The standard InChI is InChI=1S/C18H22N2O6S/c1-24-15-8-5-13(6-9-15)19-18(21)12-20(27(4,22)23)14-7-10-16(25-2)17(11-14)26-3/h5-11H,12H2,1-4H3,(H,19,21). The van der Waals surface area contributed by atoms with Crippen LogP contribution in [0.25, 0.3) is 0 Å². The molecule has 0 spiro atoms. The third kappa shape index (κ3) is 5.27. The highest BCUT2D eigenvalue weighted by Crippen LogP contribution is 2.32. The molecule has 0 atom stereocenters. The van der Waals surface area contributed by atoms with Crippen molar-refractivity contribution in [1.29, 1.82) is 0 Å². The van der Waals surface area contributed by atoms with Gasteiger partial charge in [0.15, 0.2) is 11.5 Å². The number of ether oxygens (including phenoxy) is 3. The molecule has 0 aliphatic heterocycles. The van der Waals surface area contributed by atoms with E-state index in [0.29, 0.717) is 28.6 Å². The van der Waals surface area contributed by atoms with Crippen molar-refractivity contribution in [3.63, 3.8) is 0 Å². The molecule has 27 heavy (non-hydrogen) atoms. The Kier molecular flexibility index (Phi) is 6.51. The number of carbonyl (C=O) groups excluding carboxylic acids is 1. The first-order valence-corrected chi connectivity index (χ1v) is 9.77. The second-order valence-corrected chi connectivity index (χ2v) is 7.49. The Balaban J connectivity index is 2.23. The summed E-state index contributed by atoms with van der Waals surface area (Å²) >= 11 is 0. The molecule has 1 amide bonds. The van der Waals surface area contributed by atoms with Gasteiger partial charge >= 0.3 is 0 Å². The molecule has 0 bridgehead atoms. The lowest BCUT2D eigenvalue weighted by Gasteiger charge is -2.23. The first-order chi connectivity index (χ1) is 12.8. The fraction of sp³-hybridized carbons (Fsp3) is 0.278. The molecule has 2 aromatic carbocycles. The summed E-state index contributed by atoms with van der Waals surface area (Å²) in [6.07, 6.45) is 1.03. The summed E-state index contributed by atoms with van der Waals surface area (Å²) in [7, 11) is 0.765. The van der Waals surface area contributed by atoms with Crippen molar-refractivity contribution in [1.82, 2.24) is 0 Å².